The van der Waals surface area contributed by atoms with Crippen molar-refractivity contribution in [2.45, 2.75) is 37.1 Å². The van der Waals surface area contributed by atoms with Crippen LogP contribution < -0.4 is 10.1 Å². The number of carbonyl (C=O) groups excluding carboxylic acids is 2. The Bertz CT molecular complexity index is 1040. The number of piperazine rings is 1. The largest absolute Gasteiger partial charge is 0.487 e. The van der Waals surface area contributed by atoms with E-state index >= 15 is 0 Å². The minimum Gasteiger partial charge on any atom is -0.487 e. The third kappa shape index (κ3) is 4.64. The zero-order valence-electron chi connectivity index (χ0n) is 19.2. The molecule has 2 saturated heterocycles. The summed E-state index contributed by atoms with van der Waals surface area (Å²) in [6.07, 6.45) is 2.92. The number of likely N-dealkylation sites (N-methyl/N-ethyl adjacent to an activating group) is 1. The standard InChI is InChI=1S/C25H30N4O5/c1-28-7-9-29(10-8-28)23(31)13-18-12-20-19-11-17(27-25(32)16-3-2-6-26-14-16)4-5-21(19)34-24(20)22(15-30)33-18/h2-6,11,14,18,20,22,24,30H,7-10,12-13,15H2,1H3,(H,27,32)/t18-,20-,22+,24+/m1/s1. The minimum absolute atomic E-state index is 0.0265. The summed E-state index contributed by atoms with van der Waals surface area (Å²) in [5.41, 5.74) is 2.10. The minimum atomic E-state index is -0.509. The maximum absolute atomic E-state index is 12.9. The van der Waals surface area contributed by atoms with Crippen molar-refractivity contribution in [1.29, 1.82) is 0 Å². The molecule has 0 aliphatic carbocycles. The van der Waals surface area contributed by atoms with E-state index in [9.17, 15) is 14.7 Å². The number of aliphatic hydroxyl groups excluding tert-OH is 1. The second-order valence-electron chi connectivity index (χ2n) is 9.24. The van der Waals surface area contributed by atoms with Gasteiger partial charge in [0.1, 0.15) is 18.0 Å². The molecule has 9 nitrogen and oxygen atoms in total. The third-order valence-corrected chi connectivity index (χ3v) is 6.94. The molecule has 0 unspecified atom stereocenters. The van der Waals surface area contributed by atoms with Gasteiger partial charge in [-0.25, -0.2) is 0 Å². The molecule has 4 atom stereocenters. The van der Waals surface area contributed by atoms with Crippen molar-refractivity contribution >= 4 is 17.5 Å². The van der Waals surface area contributed by atoms with Gasteiger partial charge in [-0.3, -0.25) is 14.6 Å². The zero-order valence-corrected chi connectivity index (χ0v) is 19.2. The van der Waals surface area contributed by atoms with E-state index in [1.165, 1.54) is 6.20 Å². The van der Waals surface area contributed by atoms with Gasteiger partial charge in [-0.15, -0.1) is 0 Å². The van der Waals surface area contributed by atoms with Gasteiger partial charge in [0.25, 0.3) is 5.91 Å². The average Bonchev–Trinajstić information content (AvgIpc) is 3.22. The van der Waals surface area contributed by atoms with E-state index in [1.54, 1.807) is 24.4 Å². The van der Waals surface area contributed by atoms with E-state index in [-0.39, 0.29) is 43.0 Å². The SMILES string of the molecule is CN1CCN(C(=O)C[C@H]2C[C@@H]3c4cc(NC(=O)c5cccnc5)ccc4O[C@@H]3[C@H](CO)O2)CC1. The predicted molar refractivity (Wildman–Crippen MR) is 125 cm³/mol. The van der Waals surface area contributed by atoms with Gasteiger partial charge in [0.2, 0.25) is 5.91 Å². The van der Waals surface area contributed by atoms with Crippen molar-refractivity contribution in [3.63, 3.8) is 0 Å². The molecule has 2 fully saturated rings. The Hall–Kier alpha value is -3.01. The lowest BCUT2D eigenvalue weighted by Crippen LogP contribution is -2.50. The summed E-state index contributed by atoms with van der Waals surface area (Å²) in [7, 11) is 2.06. The number of pyridine rings is 1. The van der Waals surface area contributed by atoms with Gasteiger partial charge in [-0.05, 0) is 43.8 Å². The molecule has 2 N–H and O–H groups in total. The van der Waals surface area contributed by atoms with E-state index in [4.69, 9.17) is 9.47 Å². The number of amides is 2. The first kappa shape index (κ1) is 22.8. The average molecular weight is 467 g/mol. The number of fused-ring (bicyclic) bond motifs is 3. The molecule has 5 rings (SSSR count). The van der Waals surface area contributed by atoms with Crippen LogP contribution in [0.25, 0.3) is 0 Å². The molecule has 0 radical (unpaired) electrons. The summed E-state index contributed by atoms with van der Waals surface area (Å²) < 4.78 is 12.2. The Morgan fingerprint density at radius 3 is 2.76 bits per heavy atom. The molecule has 4 heterocycles. The van der Waals surface area contributed by atoms with Gasteiger partial charge in [0.15, 0.2) is 0 Å². The molecule has 1 aromatic carbocycles. The van der Waals surface area contributed by atoms with Crippen LogP contribution in [0.3, 0.4) is 0 Å². The quantitative estimate of drug-likeness (QED) is 0.688. The lowest BCUT2D eigenvalue weighted by Gasteiger charge is -2.38. The smallest absolute Gasteiger partial charge is 0.257 e. The first-order chi connectivity index (χ1) is 16.5. The highest BCUT2D eigenvalue weighted by molar-refractivity contribution is 6.04. The summed E-state index contributed by atoms with van der Waals surface area (Å²) in [5, 5.41) is 12.9. The van der Waals surface area contributed by atoms with Crippen molar-refractivity contribution in [2.24, 2.45) is 0 Å². The number of ether oxygens (including phenoxy) is 2. The molecule has 3 aliphatic rings. The normalized spacial score (nSPS) is 26.4. The Morgan fingerprint density at radius 1 is 1.21 bits per heavy atom. The Morgan fingerprint density at radius 2 is 2.03 bits per heavy atom. The summed E-state index contributed by atoms with van der Waals surface area (Å²) in [5.74, 6) is 0.549. The maximum Gasteiger partial charge on any atom is 0.257 e. The van der Waals surface area contributed by atoms with E-state index in [2.05, 4.69) is 22.2 Å². The molecule has 3 aliphatic heterocycles. The maximum atomic E-state index is 12.9. The number of rotatable bonds is 5. The van der Waals surface area contributed by atoms with Gasteiger partial charge >= 0.3 is 0 Å². The molecule has 1 aromatic heterocycles. The van der Waals surface area contributed by atoms with Crippen LogP contribution in [0.1, 0.15) is 34.7 Å². The van der Waals surface area contributed by atoms with Crippen LogP contribution in [0.15, 0.2) is 42.7 Å². The Balaban J connectivity index is 1.30. The van der Waals surface area contributed by atoms with Crippen LogP contribution in [0.5, 0.6) is 5.75 Å². The van der Waals surface area contributed by atoms with Gasteiger partial charge in [0.05, 0.1) is 24.7 Å². The number of benzene rings is 1. The topological polar surface area (TPSA) is 104 Å². The van der Waals surface area contributed by atoms with Crippen LogP contribution >= 0.6 is 0 Å². The molecule has 2 aromatic rings. The second-order valence-corrected chi connectivity index (χ2v) is 9.24. The summed E-state index contributed by atoms with van der Waals surface area (Å²) in [6, 6.07) is 8.99. The van der Waals surface area contributed by atoms with E-state index in [1.807, 2.05) is 17.0 Å². The third-order valence-electron chi connectivity index (χ3n) is 6.94. The number of hydrogen-bond donors (Lipinski definition) is 2. The van der Waals surface area contributed by atoms with Crippen LogP contribution in [0.4, 0.5) is 5.69 Å². The fraction of sp³-hybridized carbons (Fsp3) is 0.480. The first-order valence-corrected chi connectivity index (χ1v) is 11.8. The van der Waals surface area contributed by atoms with E-state index < -0.39 is 6.10 Å². The van der Waals surface area contributed by atoms with Crippen LogP contribution in [0, 0.1) is 0 Å². The Kier molecular flexibility index (Phi) is 6.49. The molecule has 0 saturated carbocycles. The number of carbonyl (C=O) groups is 2. The highest BCUT2D eigenvalue weighted by Crippen LogP contribution is 2.47. The molecule has 180 valence electrons. The number of aliphatic hydroxyl groups is 1. The number of aromatic nitrogens is 1. The Labute approximate surface area is 198 Å². The van der Waals surface area contributed by atoms with Crippen molar-refractivity contribution in [3.8, 4) is 5.75 Å². The second kappa shape index (κ2) is 9.69. The molecule has 34 heavy (non-hydrogen) atoms. The molecule has 0 spiro atoms. The van der Waals surface area contributed by atoms with Crippen LogP contribution in [0.2, 0.25) is 0 Å². The van der Waals surface area contributed by atoms with Crippen LogP contribution in [-0.4, -0.2) is 89.9 Å². The fourth-order valence-corrected chi connectivity index (χ4v) is 5.05. The van der Waals surface area contributed by atoms with Crippen molar-refractivity contribution < 1.29 is 24.2 Å². The highest BCUT2D eigenvalue weighted by atomic mass is 16.6. The fourth-order valence-electron chi connectivity index (χ4n) is 5.05. The van der Waals surface area contributed by atoms with Gasteiger partial charge < -0.3 is 29.7 Å². The zero-order chi connectivity index (χ0) is 23.7. The van der Waals surface area contributed by atoms with E-state index in [0.29, 0.717) is 17.7 Å². The summed E-state index contributed by atoms with van der Waals surface area (Å²) >= 11 is 0. The number of anilines is 1. The molecular weight excluding hydrogens is 436 g/mol. The molecule has 2 amide bonds. The summed E-state index contributed by atoms with van der Waals surface area (Å²) in [4.78, 5) is 33.6. The monoisotopic (exact) mass is 466 g/mol. The van der Waals surface area contributed by atoms with Crippen LogP contribution in [-0.2, 0) is 9.53 Å². The first-order valence-electron chi connectivity index (χ1n) is 11.8. The van der Waals surface area contributed by atoms with Gasteiger partial charge in [-0.1, -0.05) is 0 Å². The lowest BCUT2D eigenvalue weighted by molar-refractivity contribution is -0.150. The number of hydrogen-bond acceptors (Lipinski definition) is 7. The van der Waals surface area contributed by atoms with Gasteiger partial charge in [0, 0.05) is 55.7 Å². The summed E-state index contributed by atoms with van der Waals surface area (Å²) in [6.45, 7) is 3.01. The van der Waals surface area contributed by atoms with Crippen molar-refractivity contribution in [2.75, 3.05) is 45.2 Å². The highest BCUT2D eigenvalue weighted by Gasteiger charge is 2.46. The number of nitrogens with one attached hydrogen (secondary N) is 1. The van der Waals surface area contributed by atoms with Crippen molar-refractivity contribution in [1.82, 2.24) is 14.8 Å². The molecular formula is C25H30N4O5. The van der Waals surface area contributed by atoms with E-state index in [0.717, 1.165) is 37.5 Å². The lowest BCUT2D eigenvalue weighted by atomic mass is 9.84. The molecule has 9 heteroatoms. The van der Waals surface area contributed by atoms with Gasteiger partial charge in [-0.2, -0.15) is 0 Å². The number of nitrogens with zero attached hydrogens (tertiary/aromatic N) is 3. The predicted octanol–water partition coefficient (Wildman–Crippen LogP) is 1.49. The molecule has 0 bridgehead atoms. The van der Waals surface area contributed by atoms with Crippen molar-refractivity contribution in [3.05, 3.63) is 53.9 Å².